The monoisotopic (exact) mass is 353 g/mol. The second-order valence-corrected chi connectivity index (χ2v) is 5.92. The molecule has 2 N–H and O–H groups in total. The lowest BCUT2D eigenvalue weighted by molar-refractivity contribution is -0.140. The van der Waals surface area contributed by atoms with Gasteiger partial charge in [0.05, 0.1) is 21.8 Å². The lowest BCUT2D eigenvalue weighted by Crippen LogP contribution is -2.14. The molecule has 0 saturated carbocycles. The average molecular weight is 354 g/mol. The van der Waals surface area contributed by atoms with E-state index >= 15 is 0 Å². The van der Waals surface area contributed by atoms with Gasteiger partial charge in [0.1, 0.15) is 11.4 Å². The summed E-state index contributed by atoms with van der Waals surface area (Å²) in [6.07, 6.45) is 0. The van der Waals surface area contributed by atoms with Crippen LogP contribution < -0.4 is 0 Å². The Hall–Kier alpha value is -3.12. The maximum absolute atomic E-state index is 11.2. The topological polar surface area (TPSA) is 87.0 Å². The third-order valence-corrected chi connectivity index (χ3v) is 4.20. The molecule has 0 unspecified atom stereocenters. The molecule has 0 spiro atoms. The lowest BCUT2D eigenvalue weighted by Gasteiger charge is -2.03. The standard InChI is InChI=1S/C18H12ClN3O3/c1-9(23)25-22-16-10-5-2-3-8-13(10)20-17(16)14-11-6-4-7-12(19)15(11)21-18(14)24/h2-8,21,24H,1H3/b22-16+. The first-order chi connectivity index (χ1) is 12.1. The molecular formula is C18H12ClN3O3. The Kier molecular flexibility index (Phi) is 3.54. The number of hydrogen-bond acceptors (Lipinski definition) is 5. The third-order valence-electron chi connectivity index (χ3n) is 3.88. The molecule has 2 heterocycles. The smallest absolute Gasteiger partial charge is 0.332 e. The van der Waals surface area contributed by atoms with Gasteiger partial charge in [0.15, 0.2) is 5.88 Å². The van der Waals surface area contributed by atoms with Crippen LogP contribution in [0.4, 0.5) is 5.69 Å². The first-order valence-corrected chi connectivity index (χ1v) is 7.87. The summed E-state index contributed by atoms with van der Waals surface area (Å²) in [5, 5.41) is 15.6. The molecule has 0 atom stereocenters. The number of aromatic amines is 1. The van der Waals surface area contributed by atoms with E-state index in [0.29, 0.717) is 38.6 Å². The van der Waals surface area contributed by atoms with Crippen molar-refractivity contribution in [1.29, 1.82) is 0 Å². The predicted octanol–water partition coefficient (Wildman–Crippen LogP) is 3.93. The van der Waals surface area contributed by atoms with Gasteiger partial charge in [-0.1, -0.05) is 47.1 Å². The number of fused-ring (bicyclic) bond motifs is 2. The minimum Gasteiger partial charge on any atom is -0.494 e. The molecule has 0 amide bonds. The van der Waals surface area contributed by atoms with Crippen LogP contribution in [0.2, 0.25) is 5.02 Å². The number of nitrogens with one attached hydrogen (secondary N) is 1. The number of oxime groups is 1. The number of H-pyrrole nitrogens is 1. The number of aromatic hydroxyl groups is 1. The van der Waals surface area contributed by atoms with E-state index in [2.05, 4.69) is 15.1 Å². The fourth-order valence-corrected chi connectivity index (χ4v) is 3.08. The van der Waals surface area contributed by atoms with Crippen LogP contribution in [0.25, 0.3) is 10.9 Å². The highest BCUT2D eigenvalue weighted by Crippen LogP contribution is 2.37. The fourth-order valence-electron chi connectivity index (χ4n) is 2.86. The van der Waals surface area contributed by atoms with Crippen molar-refractivity contribution < 1.29 is 14.7 Å². The molecule has 6 nitrogen and oxygen atoms in total. The molecule has 124 valence electrons. The molecule has 25 heavy (non-hydrogen) atoms. The van der Waals surface area contributed by atoms with E-state index in [1.807, 2.05) is 30.3 Å². The molecule has 0 radical (unpaired) electrons. The van der Waals surface area contributed by atoms with Gasteiger partial charge in [-0.2, -0.15) is 0 Å². The van der Waals surface area contributed by atoms with Crippen LogP contribution in [-0.2, 0) is 9.63 Å². The summed E-state index contributed by atoms with van der Waals surface area (Å²) in [4.78, 5) is 23.5. The number of aromatic nitrogens is 1. The first kappa shape index (κ1) is 15.4. The van der Waals surface area contributed by atoms with Gasteiger partial charge in [0.2, 0.25) is 0 Å². The van der Waals surface area contributed by atoms with Crippen LogP contribution in [0, 0.1) is 0 Å². The maximum atomic E-state index is 11.2. The summed E-state index contributed by atoms with van der Waals surface area (Å²) in [5.41, 5.74) is 3.24. The van der Waals surface area contributed by atoms with Gasteiger partial charge >= 0.3 is 5.97 Å². The predicted molar refractivity (Wildman–Crippen MR) is 95.9 cm³/mol. The van der Waals surface area contributed by atoms with Gasteiger partial charge in [-0.15, -0.1) is 0 Å². The second-order valence-electron chi connectivity index (χ2n) is 5.51. The van der Waals surface area contributed by atoms with Gasteiger partial charge in [0.25, 0.3) is 0 Å². The Morgan fingerprint density at radius 1 is 1.24 bits per heavy atom. The summed E-state index contributed by atoms with van der Waals surface area (Å²) in [7, 11) is 0. The molecule has 0 saturated heterocycles. The number of carbonyl (C=O) groups excluding carboxylic acids is 1. The highest BCUT2D eigenvalue weighted by atomic mass is 35.5. The maximum Gasteiger partial charge on any atom is 0.332 e. The molecule has 3 aromatic rings. The van der Waals surface area contributed by atoms with Gasteiger partial charge in [-0.3, -0.25) is 0 Å². The van der Waals surface area contributed by atoms with Gasteiger partial charge in [-0.25, -0.2) is 9.79 Å². The van der Waals surface area contributed by atoms with Crippen molar-refractivity contribution in [3.05, 3.63) is 58.6 Å². The summed E-state index contributed by atoms with van der Waals surface area (Å²) >= 11 is 6.20. The van der Waals surface area contributed by atoms with Crippen LogP contribution in [0.15, 0.2) is 52.6 Å². The number of nitrogens with zero attached hydrogens (tertiary/aromatic N) is 2. The number of halogens is 1. The zero-order valence-corrected chi connectivity index (χ0v) is 13.8. The molecule has 2 aromatic carbocycles. The van der Waals surface area contributed by atoms with Crippen molar-refractivity contribution in [2.75, 3.05) is 0 Å². The first-order valence-electron chi connectivity index (χ1n) is 7.50. The normalized spacial score (nSPS) is 14.6. The summed E-state index contributed by atoms with van der Waals surface area (Å²) < 4.78 is 0. The molecule has 0 bridgehead atoms. The highest BCUT2D eigenvalue weighted by Gasteiger charge is 2.29. The van der Waals surface area contributed by atoms with Crippen molar-refractivity contribution in [3.8, 4) is 5.88 Å². The summed E-state index contributed by atoms with van der Waals surface area (Å²) in [6.45, 7) is 1.27. The zero-order chi connectivity index (χ0) is 17.6. The molecule has 0 fully saturated rings. The fraction of sp³-hybridized carbons (Fsp3) is 0.0556. The van der Waals surface area contributed by atoms with Crippen molar-refractivity contribution in [2.45, 2.75) is 6.92 Å². The van der Waals surface area contributed by atoms with E-state index in [-0.39, 0.29) is 5.88 Å². The van der Waals surface area contributed by atoms with E-state index in [9.17, 15) is 9.90 Å². The van der Waals surface area contributed by atoms with E-state index in [0.717, 1.165) is 5.56 Å². The molecule has 0 aliphatic carbocycles. The number of aliphatic imine (C=N–C) groups is 1. The van der Waals surface area contributed by atoms with Crippen LogP contribution in [0.3, 0.4) is 0 Å². The van der Waals surface area contributed by atoms with Crippen LogP contribution >= 0.6 is 11.6 Å². The second kappa shape index (κ2) is 5.75. The third kappa shape index (κ3) is 2.47. The van der Waals surface area contributed by atoms with Crippen LogP contribution in [-0.4, -0.2) is 27.5 Å². The Labute approximate surface area is 147 Å². The summed E-state index contributed by atoms with van der Waals surface area (Å²) in [5.74, 6) is -0.618. The van der Waals surface area contributed by atoms with Gasteiger partial charge in [-0.05, 0) is 12.1 Å². The molecule has 1 aliphatic rings. The molecule has 1 aromatic heterocycles. The van der Waals surface area contributed by atoms with E-state index in [4.69, 9.17) is 16.4 Å². The Morgan fingerprint density at radius 2 is 2.04 bits per heavy atom. The van der Waals surface area contributed by atoms with Crippen LogP contribution in [0.5, 0.6) is 5.88 Å². The van der Waals surface area contributed by atoms with Gasteiger partial charge < -0.3 is 14.9 Å². The van der Waals surface area contributed by atoms with Gasteiger partial charge in [0, 0.05) is 17.9 Å². The van der Waals surface area contributed by atoms with Crippen molar-refractivity contribution >= 4 is 45.6 Å². The van der Waals surface area contributed by atoms with E-state index < -0.39 is 5.97 Å². The highest BCUT2D eigenvalue weighted by molar-refractivity contribution is 6.58. The van der Waals surface area contributed by atoms with E-state index in [1.54, 1.807) is 12.1 Å². The Bertz CT molecular complexity index is 1080. The number of benzene rings is 2. The molecule has 1 aliphatic heterocycles. The Balaban J connectivity index is 1.96. The molecular weight excluding hydrogens is 342 g/mol. The number of carbonyl (C=O) groups is 1. The van der Waals surface area contributed by atoms with Crippen molar-refractivity contribution in [3.63, 3.8) is 0 Å². The zero-order valence-electron chi connectivity index (χ0n) is 13.1. The molecule has 4 rings (SSSR count). The minimum absolute atomic E-state index is 0.0785. The summed E-state index contributed by atoms with van der Waals surface area (Å²) in [6, 6.07) is 12.7. The SMILES string of the molecule is CC(=O)O/N=C1/C(c2c(O)[nH]c3c(Cl)cccc23)=Nc2ccccc21. The largest absolute Gasteiger partial charge is 0.494 e. The van der Waals surface area contributed by atoms with Crippen LogP contribution in [0.1, 0.15) is 18.1 Å². The number of hydrogen-bond donors (Lipinski definition) is 2. The molecule has 7 heteroatoms. The lowest BCUT2D eigenvalue weighted by atomic mass is 10.0. The minimum atomic E-state index is -0.539. The quantitative estimate of drug-likeness (QED) is 0.540. The average Bonchev–Trinajstić information content (AvgIpc) is 3.10. The van der Waals surface area contributed by atoms with Crippen molar-refractivity contribution in [2.24, 2.45) is 10.1 Å². The van der Waals surface area contributed by atoms with Crippen molar-refractivity contribution in [1.82, 2.24) is 4.98 Å². The van der Waals surface area contributed by atoms with E-state index in [1.165, 1.54) is 6.92 Å². The number of para-hydroxylation sites is 2. The number of rotatable bonds is 2. The Morgan fingerprint density at radius 3 is 2.84 bits per heavy atom.